The van der Waals surface area contributed by atoms with Crippen LogP contribution in [-0.2, 0) is 35.6 Å². The number of fused-ring (bicyclic) bond motifs is 2. The maximum absolute atomic E-state index is 12.9. The van der Waals surface area contributed by atoms with E-state index in [4.69, 9.17) is 4.74 Å². The van der Waals surface area contributed by atoms with Crippen LogP contribution in [0.5, 0.6) is 5.75 Å². The van der Waals surface area contributed by atoms with Crippen LogP contribution < -0.4 is 10.1 Å². The summed E-state index contributed by atoms with van der Waals surface area (Å²) < 4.78 is 6.09. The molecule has 2 aliphatic heterocycles. The summed E-state index contributed by atoms with van der Waals surface area (Å²) in [5.41, 5.74) is 5.34. The van der Waals surface area contributed by atoms with Gasteiger partial charge in [0.15, 0.2) is 0 Å². The third-order valence-electron chi connectivity index (χ3n) is 6.10. The molecule has 1 saturated heterocycles. The normalized spacial score (nSPS) is 20.5. The fraction of sp³-hybridized carbons (Fsp3) is 0.348. The maximum Gasteiger partial charge on any atom is 0.255 e. The molecule has 0 spiro atoms. The first-order valence-electron chi connectivity index (χ1n) is 10.1. The average Bonchev–Trinajstić information content (AvgIpc) is 3.31. The molecule has 1 atom stereocenters. The van der Waals surface area contributed by atoms with Gasteiger partial charge in [-0.15, -0.1) is 0 Å². The highest BCUT2D eigenvalue weighted by atomic mass is 16.5. The van der Waals surface area contributed by atoms with E-state index in [1.165, 1.54) is 17.5 Å². The third-order valence-corrected chi connectivity index (χ3v) is 6.10. The molecule has 2 aromatic rings. The van der Waals surface area contributed by atoms with Crippen LogP contribution in [0.4, 0.5) is 0 Å². The van der Waals surface area contributed by atoms with Gasteiger partial charge in [0.2, 0.25) is 11.8 Å². The van der Waals surface area contributed by atoms with E-state index in [1.807, 2.05) is 12.1 Å². The Bertz CT molecular complexity index is 1030. The van der Waals surface area contributed by atoms with Crippen molar-refractivity contribution >= 4 is 17.7 Å². The number of carbonyl (C=O) groups excluding carboxylic acids is 3. The molecule has 1 fully saturated rings. The Labute approximate surface area is 168 Å². The molecule has 6 heteroatoms. The van der Waals surface area contributed by atoms with Crippen molar-refractivity contribution in [2.75, 3.05) is 0 Å². The van der Waals surface area contributed by atoms with Gasteiger partial charge in [-0.05, 0) is 54.5 Å². The molecule has 1 N–H and O–H groups in total. The maximum atomic E-state index is 12.9. The van der Waals surface area contributed by atoms with Crippen molar-refractivity contribution in [3.63, 3.8) is 0 Å². The molecule has 0 bridgehead atoms. The molecule has 0 aromatic heterocycles. The molecule has 2 aromatic carbocycles. The van der Waals surface area contributed by atoms with Gasteiger partial charge < -0.3 is 9.64 Å². The van der Waals surface area contributed by atoms with Crippen molar-refractivity contribution in [2.24, 2.45) is 0 Å². The van der Waals surface area contributed by atoms with Crippen molar-refractivity contribution in [3.05, 3.63) is 64.2 Å². The highest BCUT2D eigenvalue weighted by molar-refractivity contribution is 6.05. The Kier molecular flexibility index (Phi) is 4.34. The van der Waals surface area contributed by atoms with Crippen molar-refractivity contribution in [1.29, 1.82) is 0 Å². The fourth-order valence-corrected chi connectivity index (χ4v) is 4.57. The van der Waals surface area contributed by atoms with Crippen LogP contribution in [0.25, 0.3) is 0 Å². The number of amides is 3. The molecule has 3 aliphatic rings. The summed E-state index contributed by atoms with van der Waals surface area (Å²) in [6, 6.07) is 11.3. The predicted octanol–water partition coefficient (Wildman–Crippen LogP) is 2.52. The predicted molar refractivity (Wildman–Crippen MR) is 105 cm³/mol. The molecule has 29 heavy (non-hydrogen) atoms. The van der Waals surface area contributed by atoms with Crippen molar-refractivity contribution in [3.8, 4) is 5.75 Å². The molecule has 1 unspecified atom stereocenters. The van der Waals surface area contributed by atoms with E-state index in [0.717, 1.165) is 24.0 Å². The highest BCUT2D eigenvalue weighted by Crippen LogP contribution is 2.34. The molecule has 3 amide bonds. The van der Waals surface area contributed by atoms with E-state index in [-0.39, 0.29) is 18.2 Å². The van der Waals surface area contributed by atoms with Crippen LogP contribution in [0.1, 0.15) is 51.9 Å². The quantitative estimate of drug-likeness (QED) is 0.814. The van der Waals surface area contributed by atoms with Crippen LogP contribution in [0.15, 0.2) is 36.4 Å². The number of ether oxygens (including phenoxy) is 1. The summed E-state index contributed by atoms with van der Waals surface area (Å²) in [6.45, 7) is 0.761. The summed E-state index contributed by atoms with van der Waals surface area (Å²) in [5, 5.41) is 2.33. The molecule has 1 aliphatic carbocycles. The number of imide groups is 1. The number of aryl methyl sites for hydroxylation is 2. The zero-order chi connectivity index (χ0) is 20.0. The zero-order valence-corrected chi connectivity index (χ0v) is 16.1. The number of benzene rings is 2. The van der Waals surface area contributed by atoms with Gasteiger partial charge in [0.25, 0.3) is 5.91 Å². The minimum absolute atomic E-state index is 0.183. The molecule has 6 nitrogen and oxygen atoms in total. The number of hydrogen-bond donors (Lipinski definition) is 1. The lowest BCUT2D eigenvalue weighted by atomic mass is 10.0. The van der Waals surface area contributed by atoms with Crippen molar-refractivity contribution in [2.45, 2.75) is 51.3 Å². The number of nitrogens with one attached hydrogen (secondary N) is 1. The number of piperidine rings is 1. The molecule has 5 rings (SSSR count). The van der Waals surface area contributed by atoms with Crippen LogP contribution in [-0.4, -0.2) is 28.7 Å². The van der Waals surface area contributed by atoms with Crippen LogP contribution >= 0.6 is 0 Å². The summed E-state index contributed by atoms with van der Waals surface area (Å²) >= 11 is 0. The minimum atomic E-state index is -0.614. The molecular weight excluding hydrogens is 368 g/mol. The van der Waals surface area contributed by atoms with Crippen LogP contribution in [0.3, 0.4) is 0 Å². The topological polar surface area (TPSA) is 75.7 Å². The summed E-state index contributed by atoms with van der Waals surface area (Å²) in [6.07, 6.45) is 4.10. The lowest BCUT2D eigenvalue weighted by molar-refractivity contribution is -0.136. The number of carbonyl (C=O) groups is 3. The Morgan fingerprint density at radius 1 is 1.03 bits per heavy atom. The summed E-state index contributed by atoms with van der Waals surface area (Å²) in [4.78, 5) is 38.1. The molecular formula is C23H22N2O4. The summed E-state index contributed by atoms with van der Waals surface area (Å²) in [7, 11) is 0. The van der Waals surface area contributed by atoms with Gasteiger partial charge in [-0.3, -0.25) is 19.7 Å². The lowest BCUT2D eigenvalue weighted by Crippen LogP contribution is -2.52. The standard InChI is InChI=1S/C23H22N2O4/c26-21-10-9-19(22(27)24-21)25-12-18-17(23(25)28)5-2-6-20(18)29-13-14-7-8-15-3-1-4-16(15)11-14/h2,5-8,11,19H,1,3-4,9-10,12-13H2,(H,24,26,27). The first kappa shape index (κ1) is 17.9. The van der Waals surface area contributed by atoms with E-state index < -0.39 is 11.9 Å². The van der Waals surface area contributed by atoms with E-state index in [2.05, 4.69) is 23.5 Å². The second kappa shape index (κ2) is 7.03. The first-order chi connectivity index (χ1) is 14.1. The van der Waals surface area contributed by atoms with Gasteiger partial charge in [0, 0.05) is 17.5 Å². The number of rotatable bonds is 4. The van der Waals surface area contributed by atoms with Crippen LogP contribution in [0, 0.1) is 0 Å². The zero-order valence-electron chi connectivity index (χ0n) is 16.1. The Morgan fingerprint density at radius 3 is 2.76 bits per heavy atom. The van der Waals surface area contributed by atoms with Crippen molar-refractivity contribution < 1.29 is 19.1 Å². The first-order valence-corrected chi connectivity index (χ1v) is 10.1. The molecule has 0 saturated carbocycles. The van der Waals surface area contributed by atoms with E-state index in [1.54, 1.807) is 11.0 Å². The summed E-state index contributed by atoms with van der Waals surface area (Å²) in [5.74, 6) is -0.194. The largest absolute Gasteiger partial charge is 0.489 e. The third kappa shape index (κ3) is 3.18. The van der Waals surface area contributed by atoms with Crippen molar-refractivity contribution in [1.82, 2.24) is 10.2 Å². The minimum Gasteiger partial charge on any atom is -0.489 e. The highest BCUT2D eigenvalue weighted by Gasteiger charge is 2.40. The lowest BCUT2D eigenvalue weighted by Gasteiger charge is -2.29. The van der Waals surface area contributed by atoms with Gasteiger partial charge in [-0.1, -0.05) is 24.3 Å². The van der Waals surface area contributed by atoms with Gasteiger partial charge in [0.05, 0.1) is 6.54 Å². The monoisotopic (exact) mass is 390 g/mol. The fourth-order valence-electron chi connectivity index (χ4n) is 4.57. The van der Waals surface area contributed by atoms with Gasteiger partial charge in [0.1, 0.15) is 18.4 Å². The van der Waals surface area contributed by atoms with Crippen LogP contribution in [0.2, 0.25) is 0 Å². The number of nitrogens with zero attached hydrogens (tertiary/aromatic N) is 1. The SMILES string of the molecule is O=C1CCC(N2Cc3c(OCc4ccc5c(c4)CCC5)cccc3C2=O)C(=O)N1. The van der Waals surface area contributed by atoms with Gasteiger partial charge >= 0.3 is 0 Å². The average molecular weight is 390 g/mol. The molecule has 148 valence electrons. The number of hydrogen-bond acceptors (Lipinski definition) is 4. The smallest absolute Gasteiger partial charge is 0.255 e. The second-order valence-corrected chi connectivity index (χ2v) is 7.93. The van der Waals surface area contributed by atoms with Gasteiger partial charge in [-0.2, -0.15) is 0 Å². The molecule has 0 radical (unpaired) electrons. The van der Waals surface area contributed by atoms with E-state index in [9.17, 15) is 14.4 Å². The van der Waals surface area contributed by atoms with E-state index >= 15 is 0 Å². The Hall–Kier alpha value is -3.15. The Balaban J connectivity index is 1.34. The Morgan fingerprint density at radius 2 is 1.90 bits per heavy atom. The second-order valence-electron chi connectivity index (χ2n) is 7.93. The van der Waals surface area contributed by atoms with Gasteiger partial charge in [-0.25, -0.2) is 0 Å². The molecule has 2 heterocycles. The van der Waals surface area contributed by atoms with E-state index in [0.29, 0.717) is 30.9 Å².